The molecule has 0 aliphatic carbocycles. The fraction of sp³-hybridized carbons (Fsp3) is 0.133. The van der Waals surface area contributed by atoms with E-state index in [-0.39, 0.29) is 5.91 Å². The van der Waals surface area contributed by atoms with Crippen LogP contribution in [0.4, 0.5) is 11.4 Å². The number of methoxy groups -OCH3 is 1. The Hall–Kier alpha value is -2.49. The zero-order chi connectivity index (χ0) is 13.8. The molecule has 1 amide bonds. The molecule has 0 saturated heterocycles. The Morgan fingerprint density at radius 1 is 1.11 bits per heavy atom. The van der Waals surface area contributed by atoms with Crippen LogP contribution in [0, 0.1) is 0 Å². The molecule has 0 bridgehead atoms. The van der Waals surface area contributed by atoms with Gasteiger partial charge in [0.1, 0.15) is 5.75 Å². The number of hydrogen-bond donors (Lipinski definition) is 1. The number of ether oxygens (including phenoxy) is 1. The van der Waals surface area contributed by atoms with E-state index >= 15 is 0 Å². The molecule has 0 radical (unpaired) electrons. The van der Waals surface area contributed by atoms with E-state index in [4.69, 9.17) is 10.5 Å². The smallest absolute Gasteiger partial charge is 0.258 e. The Labute approximate surface area is 112 Å². The van der Waals surface area contributed by atoms with E-state index in [1.807, 2.05) is 24.3 Å². The summed E-state index contributed by atoms with van der Waals surface area (Å²) in [4.78, 5) is 13.9. The number of carbonyl (C=O) groups excluding carboxylic acids is 1. The Morgan fingerprint density at radius 3 is 2.37 bits per heavy atom. The topological polar surface area (TPSA) is 55.6 Å². The number of hydrogen-bond acceptors (Lipinski definition) is 3. The lowest BCUT2D eigenvalue weighted by Gasteiger charge is -2.20. The molecule has 0 saturated carbocycles. The third-order valence-corrected chi connectivity index (χ3v) is 2.91. The van der Waals surface area contributed by atoms with Crippen LogP contribution in [-0.4, -0.2) is 20.1 Å². The summed E-state index contributed by atoms with van der Waals surface area (Å²) in [6.45, 7) is 0. The van der Waals surface area contributed by atoms with E-state index in [9.17, 15) is 4.79 Å². The van der Waals surface area contributed by atoms with Crippen molar-refractivity contribution in [2.24, 2.45) is 0 Å². The summed E-state index contributed by atoms with van der Waals surface area (Å²) in [7, 11) is 3.30. The second-order valence-electron chi connectivity index (χ2n) is 4.16. The van der Waals surface area contributed by atoms with Gasteiger partial charge in [0.2, 0.25) is 0 Å². The van der Waals surface area contributed by atoms with Gasteiger partial charge in [0, 0.05) is 18.3 Å². The number of nitrogen functional groups attached to an aromatic ring is 1. The third kappa shape index (κ3) is 2.68. The molecule has 2 aromatic rings. The van der Waals surface area contributed by atoms with Gasteiger partial charge in [-0.15, -0.1) is 0 Å². The molecule has 0 atom stereocenters. The predicted octanol–water partition coefficient (Wildman–Crippen LogP) is 2.55. The number of nitrogens with two attached hydrogens (primary N) is 1. The van der Waals surface area contributed by atoms with E-state index in [0.717, 1.165) is 5.69 Å². The van der Waals surface area contributed by atoms with Gasteiger partial charge in [0.05, 0.1) is 12.8 Å². The van der Waals surface area contributed by atoms with Crippen molar-refractivity contribution in [3.63, 3.8) is 0 Å². The van der Waals surface area contributed by atoms with Crippen LogP contribution in [0.15, 0.2) is 48.5 Å². The summed E-state index contributed by atoms with van der Waals surface area (Å²) >= 11 is 0. The van der Waals surface area contributed by atoms with Crippen molar-refractivity contribution in [2.75, 3.05) is 24.8 Å². The molecule has 2 aromatic carbocycles. The standard InChI is InChI=1S/C15H16N2O2/c1-17(13-5-3-4-6-14(13)19-2)15(18)11-7-9-12(16)10-8-11/h3-10H,16H2,1-2H3. The number of benzene rings is 2. The highest BCUT2D eigenvalue weighted by Crippen LogP contribution is 2.27. The van der Waals surface area contributed by atoms with Crippen molar-refractivity contribution in [1.82, 2.24) is 0 Å². The molecule has 0 unspecified atom stereocenters. The Bertz CT molecular complexity index is 579. The fourth-order valence-electron chi connectivity index (χ4n) is 1.84. The largest absolute Gasteiger partial charge is 0.495 e. The molecule has 19 heavy (non-hydrogen) atoms. The van der Waals surface area contributed by atoms with E-state index in [0.29, 0.717) is 17.0 Å². The lowest BCUT2D eigenvalue weighted by atomic mass is 10.1. The van der Waals surface area contributed by atoms with Gasteiger partial charge in [0.15, 0.2) is 0 Å². The second-order valence-corrected chi connectivity index (χ2v) is 4.16. The average molecular weight is 256 g/mol. The van der Waals surface area contributed by atoms with Gasteiger partial charge in [-0.05, 0) is 36.4 Å². The highest BCUT2D eigenvalue weighted by molar-refractivity contribution is 6.06. The van der Waals surface area contributed by atoms with Gasteiger partial charge in [0.25, 0.3) is 5.91 Å². The lowest BCUT2D eigenvalue weighted by Crippen LogP contribution is -2.26. The van der Waals surface area contributed by atoms with Gasteiger partial charge in [-0.2, -0.15) is 0 Å². The van der Waals surface area contributed by atoms with E-state index in [1.165, 1.54) is 0 Å². The molecule has 0 spiro atoms. The molecular weight excluding hydrogens is 240 g/mol. The molecule has 0 aliphatic heterocycles. The zero-order valence-corrected chi connectivity index (χ0v) is 11.0. The van der Waals surface area contributed by atoms with Crippen molar-refractivity contribution in [3.05, 3.63) is 54.1 Å². The zero-order valence-electron chi connectivity index (χ0n) is 11.0. The SMILES string of the molecule is COc1ccccc1N(C)C(=O)c1ccc(N)cc1. The molecule has 2 N–H and O–H groups in total. The normalized spacial score (nSPS) is 10.0. The monoisotopic (exact) mass is 256 g/mol. The van der Waals surface area contributed by atoms with Crippen LogP contribution in [0.2, 0.25) is 0 Å². The van der Waals surface area contributed by atoms with Crippen molar-refractivity contribution < 1.29 is 9.53 Å². The van der Waals surface area contributed by atoms with Crippen molar-refractivity contribution in [1.29, 1.82) is 0 Å². The first-order valence-electron chi connectivity index (χ1n) is 5.90. The minimum atomic E-state index is -0.107. The van der Waals surface area contributed by atoms with E-state index in [1.54, 1.807) is 43.3 Å². The van der Waals surface area contributed by atoms with Gasteiger partial charge in [-0.1, -0.05) is 12.1 Å². The van der Waals surface area contributed by atoms with Gasteiger partial charge in [-0.3, -0.25) is 4.79 Å². The number of para-hydroxylation sites is 2. The van der Waals surface area contributed by atoms with Gasteiger partial charge in [-0.25, -0.2) is 0 Å². The van der Waals surface area contributed by atoms with Gasteiger partial charge >= 0.3 is 0 Å². The first-order chi connectivity index (χ1) is 9.13. The summed E-state index contributed by atoms with van der Waals surface area (Å²) < 4.78 is 5.26. The quantitative estimate of drug-likeness (QED) is 0.859. The van der Waals surface area contributed by atoms with Crippen molar-refractivity contribution in [3.8, 4) is 5.75 Å². The summed E-state index contributed by atoms with van der Waals surface area (Å²) in [6, 6.07) is 14.2. The maximum Gasteiger partial charge on any atom is 0.258 e. The molecule has 0 fully saturated rings. The number of carbonyl (C=O) groups is 1. The number of anilines is 2. The summed E-state index contributed by atoms with van der Waals surface area (Å²) in [5, 5.41) is 0. The molecule has 0 aromatic heterocycles. The lowest BCUT2D eigenvalue weighted by molar-refractivity contribution is 0.0992. The minimum Gasteiger partial charge on any atom is -0.495 e. The van der Waals surface area contributed by atoms with Crippen LogP contribution in [0.3, 0.4) is 0 Å². The maximum atomic E-state index is 12.4. The summed E-state index contributed by atoms with van der Waals surface area (Å²) in [5.74, 6) is 0.554. The summed E-state index contributed by atoms with van der Waals surface area (Å²) in [5.41, 5.74) is 7.56. The third-order valence-electron chi connectivity index (χ3n) is 2.91. The number of nitrogens with zero attached hydrogens (tertiary/aromatic N) is 1. The molecule has 4 nitrogen and oxygen atoms in total. The first kappa shape index (κ1) is 13.0. The van der Waals surface area contributed by atoms with Gasteiger partial charge < -0.3 is 15.4 Å². The molecule has 4 heteroatoms. The number of amides is 1. The van der Waals surface area contributed by atoms with Crippen LogP contribution in [0.1, 0.15) is 10.4 Å². The highest BCUT2D eigenvalue weighted by atomic mass is 16.5. The molecule has 0 heterocycles. The molecule has 98 valence electrons. The molecular formula is C15H16N2O2. The second kappa shape index (κ2) is 5.44. The average Bonchev–Trinajstić information content (AvgIpc) is 2.46. The van der Waals surface area contributed by atoms with Crippen LogP contribution >= 0.6 is 0 Å². The van der Waals surface area contributed by atoms with E-state index in [2.05, 4.69) is 0 Å². The van der Waals surface area contributed by atoms with Crippen molar-refractivity contribution >= 4 is 17.3 Å². The summed E-state index contributed by atoms with van der Waals surface area (Å²) in [6.07, 6.45) is 0. The number of rotatable bonds is 3. The predicted molar refractivity (Wildman–Crippen MR) is 76.6 cm³/mol. The van der Waals surface area contributed by atoms with Crippen LogP contribution in [0.25, 0.3) is 0 Å². The maximum absolute atomic E-state index is 12.4. The highest BCUT2D eigenvalue weighted by Gasteiger charge is 2.16. The Kier molecular flexibility index (Phi) is 3.71. The molecule has 0 aliphatic rings. The van der Waals surface area contributed by atoms with Crippen molar-refractivity contribution in [2.45, 2.75) is 0 Å². The molecule has 2 rings (SSSR count). The van der Waals surface area contributed by atoms with E-state index < -0.39 is 0 Å². The minimum absolute atomic E-state index is 0.107. The fourth-order valence-corrected chi connectivity index (χ4v) is 1.84. The Balaban J connectivity index is 2.30. The van der Waals surface area contributed by atoms with Crippen LogP contribution in [0.5, 0.6) is 5.75 Å². The first-order valence-corrected chi connectivity index (χ1v) is 5.90. The van der Waals surface area contributed by atoms with Crippen LogP contribution in [-0.2, 0) is 0 Å². The Morgan fingerprint density at radius 2 is 1.74 bits per heavy atom. The van der Waals surface area contributed by atoms with Crippen LogP contribution < -0.4 is 15.4 Å².